The van der Waals surface area contributed by atoms with Crippen LogP contribution in [0.2, 0.25) is 0 Å². The molecule has 32 heavy (non-hydrogen) atoms. The van der Waals surface area contributed by atoms with Gasteiger partial charge in [-0.3, -0.25) is 0 Å². The van der Waals surface area contributed by atoms with E-state index in [2.05, 4.69) is 111 Å². The first-order valence-electron chi connectivity index (χ1n) is 11.5. The Morgan fingerprint density at radius 2 is 1.59 bits per heavy atom. The summed E-state index contributed by atoms with van der Waals surface area (Å²) in [6.07, 6.45) is 6.44. The second-order valence-corrected chi connectivity index (χ2v) is 9.87. The molecule has 0 saturated heterocycles. The molecule has 1 unspecified atom stereocenters. The lowest BCUT2D eigenvalue weighted by Gasteiger charge is -2.30. The summed E-state index contributed by atoms with van der Waals surface area (Å²) in [5.41, 5.74) is 7.91. The first-order chi connectivity index (χ1) is 15.3. The normalized spacial score (nSPS) is 22.4. The number of aromatic nitrogens is 1. The molecule has 0 amide bonds. The Labute approximate surface area is 191 Å². The summed E-state index contributed by atoms with van der Waals surface area (Å²) in [5, 5.41) is 0. The van der Waals surface area contributed by atoms with E-state index in [9.17, 15) is 0 Å². The molecule has 162 valence electrons. The number of hydrogen-bond donors (Lipinski definition) is 0. The van der Waals surface area contributed by atoms with Gasteiger partial charge in [-0.15, -0.1) is 0 Å². The number of pyridine rings is 1. The van der Waals surface area contributed by atoms with Gasteiger partial charge < -0.3 is 4.90 Å². The topological polar surface area (TPSA) is 19.1 Å². The minimum absolute atomic E-state index is 0.0622. The van der Waals surface area contributed by atoms with Gasteiger partial charge in [-0.25, -0.2) is 4.58 Å². The van der Waals surface area contributed by atoms with Crippen molar-refractivity contribution in [3.8, 4) is 0 Å². The Balaban J connectivity index is 1.62. The molecule has 2 aromatic carbocycles. The molecule has 1 atom stereocenters. The molecule has 3 nitrogen and oxygen atoms in total. The minimum atomic E-state index is -0.0959. The summed E-state index contributed by atoms with van der Waals surface area (Å²) < 4.78 is 2.27. The summed E-state index contributed by atoms with van der Waals surface area (Å²) in [5.74, 6) is 1.06. The number of para-hydroxylation sites is 1. The molecular formula is C29H32N3+. The second-order valence-electron chi connectivity index (χ2n) is 9.87. The molecule has 0 fully saturated rings. The van der Waals surface area contributed by atoms with Gasteiger partial charge in [0.2, 0.25) is 0 Å². The third-order valence-corrected chi connectivity index (χ3v) is 7.60. The van der Waals surface area contributed by atoms with Crippen molar-refractivity contribution in [1.82, 2.24) is 4.98 Å². The molecule has 3 heteroatoms. The van der Waals surface area contributed by atoms with Gasteiger partial charge in [-0.05, 0) is 67.9 Å². The molecule has 0 spiro atoms. The molecule has 3 aromatic rings. The number of anilines is 1. The zero-order chi connectivity index (χ0) is 22.5. The molecule has 1 aromatic heterocycles. The van der Waals surface area contributed by atoms with Crippen LogP contribution in [0.25, 0.3) is 0 Å². The molecule has 2 aliphatic rings. The van der Waals surface area contributed by atoms with Gasteiger partial charge in [0, 0.05) is 29.9 Å². The number of likely N-dealkylation sites (N-methyl/N-ethyl adjacent to an activating group) is 1. The Morgan fingerprint density at radius 3 is 2.34 bits per heavy atom. The highest BCUT2D eigenvalue weighted by Gasteiger charge is 2.46. The number of aryl methyl sites for hydroxylation is 1. The maximum absolute atomic E-state index is 4.69. The summed E-state index contributed by atoms with van der Waals surface area (Å²) >= 11 is 0. The third kappa shape index (κ3) is 3.02. The van der Waals surface area contributed by atoms with Crippen molar-refractivity contribution in [2.24, 2.45) is 0 Å². The summed E-state index contributed by atoms with van der Waals surface area (Å²) in [6, 6.07) is 24.0. The number of allylic oxidation sites excluding steroid dienone is 2. The highest BCUT2D eigenvalue weighted by atomic mass is 15.2. The first kappa shape index (κ1) is 20.7. The van der Waals surface area contributed by atoms with E-state index < -0.39 is 0 Å². The van der Waals surface area contributed by atoms with Crippen LogP contribution in [-0.2, 0) is 17.3 Å². The lowest BCUT2D eigenvalue weighted by Crippen LogP contribution is -2.32. The van der Waals surface area contributed by atoms with Gasteiger partial charge in [0.1, 0.15) is 11.9 Å². The van der Waals surface area contributed by atoms with Crippen LogP contribution in [0.4, 0.5) is 11.5 Å². The SMILES string of the molecule is CN1C(=CC2=[N+](C)c3ncccc3C2(C)C)C(C)(CCc2ccccc2)c2ccccc21. The van der Waals surface area contributed by atoms with E-state index in [4.69, 9.17) is 4.98 Å². The van der Waals surface area contributed by atoms with E-state index in [1.807, 2.05) is 12.3 Å². The van der Waals surface area contributed by atoms with Crippen LogP contribution in [0.15, 0.2) is 84.7 Å². The lowest BCUT2D eigenvalue weighted by molar-refractivity contribution is -0.406. The van der Waals surface area contributed by atoms with Crippen molar-refractivity contribution in [1.29, 1.82) is 0 Å². The molecule has 3 heterocycles. The van der Waals surface area contributed by atoms with Crippen LogP contribution in [0.5, 0.6) is 0 Å². The highest BCUT2D eigenvalue weighted by Crippen LogP contribution is 2.50. The Kier molecular flexibility index (Phi) is 4.81. The molecule has 0 saturated carbocycles. The van der Waals surface area contributed by atoms with E-state index >= 15 is 0 Å². The molecule has 0 aliphatic carbocycles. The first-order valence-corrected chi connectivity index (χ1v) is 11.5. The standard InChI is InChI=1S/C29H32N3/c1-28(2)23-15-11-19-30-27(23)32(5)25(28)20-26-29(3,18-17-21-12-7-6-8-13-21)22-14-9-10-16-24(22)31(26)4/h6-16,19-20H,17-18H2,1-5H3/q+1. The molecule has 5 rings (SSSR count). The minimum Gasteiger partial charge on any atom is -0.347 e. The molecule has 2 aliphatic heterocycles. The van der Waals surface area contributed by atoms with E-state index in [-0.39, 0.29) is 10.8 Å². The zero-order valence-corrected chi connectivity index (χ0v) is 19.8. The van der Waals surface area contributed by atoms with Gasteiger partial charge in [-0.1, -0.05) is 48.5 Å². The molecule has 0 bridgehead atoms. The van der Waals surface area contributed by atoms with Crippen LogP contribution < -0.4 is 4.90 Å². The van der Waals surface area contributed by atoms with Crippen LogP contribution in [0.1, 0.15) is 43.9 Å². The second kappa shape index (κ2) is 7.44. The molecule has 0 N–H and O–H groups in total. The monoisotopic (exact) mass is 422 g/mol. The predicted octanol–water partition coefficient (Wildman–Crippen LogP) is 6.01. The van der Waals surface area contributed by atoms with Crippen molar-refractivity contribution in [2.75, 3.05) is 19.0 Å². The van der Waals surface area contributed by atoms with Crippen molar-refractivity contribution < 1.29 is 4.58 Å². The van der Waals surface area contributed by atoms with Gasteiger partial charge in [0.05, 0.1) is 18.0 Å². The fraction of sp³-hybridized carbons (Fsp3) is 0.310. The number of benzene rings is 2. The lowest BCUT2D eigenvalue weighted by atomic mass is 9.75. The van der Waals surface area contributed by atoms with Gasteiger partial charge >= 0.3 is 5.82 Å². The quantitative estimate of drug-likeness (QED) is 0.480. The van der Waals surface area contributed by atoms with Crippen LogP contribution >= 0.6 is 0 Å². The average molecular weight is 423 g/mol. The van der Waals surface area contributed by atoms with E-state index in [0.717, 1.165) is 18.7 Å². The van der Waals surface area contributed by atoms with E-state index in [1.165, 1.54) is 33.8 Å². The summed E-state index contributed by atoms with van der Waals surface area (Å²) in [7, 11) is 4.36. The zero-order valence-electron chi connectivity index (χ0n) is 19.8. The predicted molar refractivity (Wildman–Crippen MR) is 133 cm³/mol. The highest BCUT2D eigenvalue weighted by molar-refractivity contribution is 6.04. The largest absolute Gasteiger partial charge is 0.347 e. The maximum atomic E-state index is 4.69. The van der Waals surface area contributed by atoms with Crippen molar-refractivity contribution >= 4 is 17.2 Å². The van der Waals surface area contributed by atoms with Gasteiger partial charge in [0.25, 0.3) is 0 Å². The Morgan fingerprint density at radius 1 is 0.906 bits per heavy atom. The Hall–Kier alpha value is -3.20. The summed E-state index contributed by atoms with van der Waals surface area (Å²) in [6.45, 7) is 7.04. The smallest absolute Gasteiger partial charge is 0.327 e. The van der Waals surface area contributed by atoms with E-state index in [0.29, 0.717) is 0 Å². The molecular weight excluding hydrogens is 390 g/mol. The third-order valence-electron chi connectivity index (χ3n) is 7.60. The fourth-order valence-corrected chi connectivity index (χ4v) is 5.66. The Bertz CT molecular complexity index is 1240. The maximum Gasteiger partial charge on any atom is 0.327 e. The van der Waals surface area contributed by atoms with Crippen LogP contribution in [0, 0.1) is 0 Å². The van der Waals surface area contributed by atoms with Crippen molar-refractivity contribution in [3.63, 3.8) is 0 Å². The van der Waals surface area contributed by atoms with Crippen molar-refractivity contribution in [2.45, 2.75) is 44.4 Å². The number of fused-ring (bicyclic) bond motifs is 2. The number of rotatable bonds is 4. The summed E-state index contributed by atoms with van der Waals surface area (Å²) in [4.78, 5) is 7.09. The van der Waals surface area contributed by atoms with Crippen molar-refractivity contribution in [3.05, 3.63) is 101 Å². The number of nitrogens with zero attached hydrogens (tertiary/aromatic N) is 3. The fourth-order valence-electron chi connectivity index (χ4n) is 5.66. The van der Waals surface area contributed by atoms with Crippen LogP contribution in [-0.4, -0.2) is 29.4 Å². The van der Waals surface area contributed by atoms with E-state index in [1.54, 1.807) is 0 Å². The average Bonchev–Trinajstić information content (AvgIpc) is 3.14. The molecule has 0 radical (unpaired) electrons. The number of hydrogen-bond acceptors (Lipinski definition) is 2. The van der Waals surface area contributed by atoms with Gasteiger partial charge in [0.15, 0.2) is 0 Å². The van der Waals surface area contributed by atoms with Gasteiger partial charge in [-0.2, -0.15) is 0 Å². The van der Waals surface area contributed by atoms with Crippen LogP contribution in [0.3, 0.4) is 0 Å².